The number of carbonyl (C=O) groups excluding carboxylic acids is 3. The van der Waals surface area contributed by atoms with Gasteiger partial charge in [0, 0.05) is 30.1 Å². The van der Waals surface area contributed by atoms with Crippen molar-refractivity contribution in [1.82, 2.24) is 14.8 Å². The molecule has 0 bridgehead atoms. The number of benzene rings is 2. The van der Waals surface area contributed by atoms with Crippen molar-refractivity contribution in [2.75, 3.05) is 23.4 Å². The lowest BCUT2D eigenvalue weighted by atomic mass is 10.1. The van der Waals surface area contributed by atoms with Gasteiger partial charge in [-0.15, -0.1) is 0 Å². The molecule has 2 aromatic carbocycles. The molecular weight excluding hydrogens is 458 g/mol. The molecule has 9 heteroatoms. The van der Waals surface area contributed by atoms with Crippen LogP contribution in [0.25, 0.3) is 16.7 Å². The fourth-order valence-electron chi connectivity index (χ4n) is 4.29. The smallest absolute Gasteiger partial charge is 0.338 e. The standard InChI is InChI=1S/C27H25N5O4/c1-3-36-27(35)19-8-11-21(12-9-19)31-16-20(15-25(31)33)26(34)29-24-14-17(2)30-32(24)23-13-10-18-6-4-5-7-22(18)28-23/h4-14,20H,3,15-16H2,1-2H3,(H,29,34). The minimum Gasteiger partial charge on any atom is -0.462 e. The van der Waals surface area contributed by atoms with E-state index in [4.69, 9.17) is 4.74 Å². The van der Waals surface area contributed by atoms with Crippen molar-refractivity contribution >= 4 is 40.2 Å². The average Bonchev–Trinajstić information content (AvgIpc) is 3.46. The van der Waals surface area contributed by atoms with Gasteiger partial charge in [0.1, 0.15) is 5.82 Å². The Kier molecular flexibility index (Phi) is 6.20. The number of nitrogens with one attached hydrogen (secondary N) is 1. The zero-order valence-corrected chi connectivity index (χ0v) is 20.0. The van der Waals surface area contributed by atoms with Crippen molar-refractivity contribution in [1.29, 1.82) is 0 Å². The number of nitrogens with zero attached hydrogens (tertiary/aromatic N) is 4. The highest BCUT2D eigenvalue weighted by Crippen LogP contribution is 2.27. The van der Waals surface area contributed by atoms with Crippen LogP contribution in [0.3, 0.4) is 0 Å². The van der Waals surface area contributed by atoms with Crippen molar-refractivity contribution < 1.29 is 19.1 Å². The predicted octanol–water partition coefficient (Wildman–Crippen LogP) is 3.90. The number of aromatic nitrogens is 3. The molecule has 1 N–H and O–H groups in total. The van der Waals surface area contributed by atoms with E-state index in [1.54, 1.807) is 46.8 Å². The molecule has 1 unspecified atom stereocenters. The largest absolute Gasteiger partial charge is 0.462 e. The Morgan fingerprint density at radius 3 is 2.64 bits per heavy atom. The fraction of sp³-hybridized carbons (Fsp3) is 0.222. The minimum absolute atomic E-state index is 0.0901. The summed E-state index contributed by atoms with van der Waals surface area (Å²) in [6.45, 7) is 4.11. The maximum Gasteiger partial charge on any atom is 0.338 e. The molecule has 1 saturated heterocycles. The maximum absolute atomic E-state index is 13.1. The van der Waals surface area contributed by atoms with Crippen molar-refractivity contribution in [2.24, 2.45) is 5.92 Å². The second-order valence-electron chi connectivity index (χ2n) is 8.61. The van der Waals surface area contributed by atoms with Gasteiger partial charge in [-0.1, -0.05) is 18.2 Å². The summed E-state index contributed by atoms with van der Waals surface area (Å²) in [7, 11) is 0. The summed E-state index contributed by atoms with van der Waals surface area (Å²) in [4.78, 5) is 44.0. The molecule has 36 heavy (non-hydrogen) atoms. The number of esters is 1. The van der Waals surface area contributed by atoms with Crippen LogP contribution in [-0.2, 0) is 14.3 Å². The van der Waals surface area contributed by atoms with Gasteiger partial charge in [0.25, 0.3) is 0 Å². The van der Waals surface area contributed by atoms with Crippen molar-refractivity contribution in [3.63, 3.8) is 0 Å². The summed E-state index contributed by atoms with van der Waals surface area (Å²) in [6, 6.07) is 20.0. The SMILES string of the molecule is CCOC(=O)c1ccc(N2CC(C(=O)Nc3cc(C)nn3-c3ccc4ccccc4n3)CC2=O)cc1. The molecule has 1 aliphatic heterocycles. The first-order valence-electron chi connectivity index (χ1n) is 11.7. The molecule has 0 saturated carbocycles. The van der Waals surface area contributed by atoms with Gasteiger partial charge in [0.05, 0.1) is 29.3 Å². The van der Waals surface area contributed by atoms with Gasteiger partial charge < -0.3 is 15.0 Å². The van der Waals surface area contributed by atoms with Crippen molar-refractivity contribution in [3.8, 4) is 5.82 Å². The molecule has 0 spiro atoms. The Bertz CT molecular complexity index is 1460. The summed E-state index contributed by atoms with van der Waals surface area (Å²) in [5.41, 5.74) is 2.59. The summed E-state index contributed by atoms with van der Waals surface area (Å²) >= 11 is 0. The van der Waals surface area contributed by atoms with Crippen LogP contribution in [0.4, 0.5) is 11.5 Å². The Balaban J connectivity index is 1.31. The quantitative estimate of drug-likeness (QED) is 0.417. The number of ether oxygens (including phenoxy) is 1. The predicted molar refractivity (Wildman–Crippen MR) is 135 cm³/mol. The van der Waals surface area contributed by atoms with E-state index in [0.29, 0.717) is 22.9 Å². The molecule has 2 aromatic heterocycles. The molecule has 3 heterocycles. The normalized spacial score (nSPS) is 15.3. The lowest BCUT2D eigenvalue weighted by Crippen LogP contribution is -2.28. The van der Waals surface area contributed by atoms with Crippen LogP contribution >= 0.6 is 0 Å². The molecule has 0 aliphatic carbocycles. The molecule has 4 aromatic rings. The number of fused-ring (bicyclic) bond motifs is 1. The van der Waals surface area contributed by atoms with E-state index in [0.717, 1.165) is 16.6 Å². The number of hydrogen-bond donors (Lipinski definition) is 1. The second-order valence-corrected chi connectivity index (χ2v) is 8.61. The second kappa shape index (κ2) is 9.61. The number of anilines is 2. The number of rotatable bonds is 6. The summed E-state index contributed by atoms with van der Waals surface area (Å²) in [5, 5.41) is 8.45. The van der Waals surface area contributed by atoms with E-state index in [9.17, 15) is 14.4 Å². The van der Waals surface area contributed by atoms with Crippen LogP contribution in [0.15, 0.2) is 66.7 Å². The Labute approximate surface area is 207 Å². The average molecular weight is 484 g/mol. The first-order valence-corrected chi connectivity index (χ1v) is 11.7. The van der Waals surface area contributed by atoms with Gasteiger partial charge in [-0.05, 0) is 56.3 Å². The highest BCUT2D eigenvalue weighted by molar-refractivity contribution is 6.03. The van der Waals surface area contributed by atoms with E-state index in [2.05, 4.69) is 15.4 Å². The molecular formula is C27H25N5O4. The van der Waals surface area contributed by atoms with E-state index in [1.165, 1.54) is 0 Å². The first-order chi connectivity index (χ1) is 17.4. The number of pyridine rings is 1. The van der Waals surface area contributed by atoms with Gasteiger partial charge in [-0.2, -0.15) is 9.78 Å². The van der Waals surface area contributed by atoms with Gasteiger partial charge >= 0.3 is 5.97 Å². The number of para-hydroxylation sites is 1. The van der Waals surface area contributed by atoms with E-state index < -0.39 is 11.9 Å². The molecule has 182 valence electrons. The number of aryl methyl sites for hydroxylation is 1. The number of carbonyl (C=O) groups is 3. The number of hydrogen-bond acceptors (Lipinski definition) is 6. The van der Waals surface area contributed by atoms with Crippen LogP contribution in [-0.4, -0.2) is 45.7 Å². The van der Waals surface area contributed by atoms with Gasteiger partial charge in [0.2, 0.25) is 11.8 Å². The lowest BCUT2D eigenvalue weighted by molar-refractivity contribution is -0.122. The van der Waals surface area contributed by atoms with Crippen molar-refractivity contribution in [3.05, 3.63) is 78.0 Å². The molecule has 5 rings (SSSR count). The Morgan fingerprint density at radius 1 is 1.08 bits per heavy atom. The first kappa shape index (κ1) is 23.2. The molecule has 2 amide bonds. The van der Waals surface area contributed by atoms with E-state index >= 15 is 0 Å². The van der Waals surface area contributed by atoms with Crippen LogP contribution in [0.1, 0.15) is 29.4 Å². The van der Waals surface area contributed by atoms with Crippen LogP contribution < -0.4 is 10.2 Å². The highest BCUT2D eigenvalue weighted by atomic mass is 16.5. The molecule has 0 radical (unpaired) electrons. The van der Waals surface area contributed by atoms with Gasteiger partial charge in [-0.25, -0.2) is 9.78 Å². The van der Waals surface area contributed by atoms with Crippen molar-refractivity contribution in [2.45, 2.75) is 20.3 Å². The topological polar surface area (TPSA) is 106 Å². The number of amides is 2. The summed E-state index contributed by atoms with van der Waals surface area (Å²) in [5.74, 6) is -0.291. The Morgan fingerprint density at radius 2 is 1.86 bits per heavy atom. The zero-order valence-electron chi connectivity index (χ0n) is 20.0. The molecule has 1 aliphatic rings. The van der Waals surface area contributed by atoms with E-state index in [1.807, 2.05) is 43.3 Å². The third kappa shape index (κ3) is 4.55. The zero-order chi connectivity index (χ0) is 25.2. The third-order valence-electron chi connectivity index (χ3n) is 6.07. The molecule has 9 nitrogen and oxygen atoms in total. The fourth-order valence-corrected chi connectivity index (χ4v) is 4.29. The highest BCUT2D eigenvalue weighted by Gasteiger charge is 2.35. The van der Waals surface area contributed by atoms with Gasteiger partial charge in [-0.3, -0.25) is 9.59 Å². The minimum atomic E-state index is -0.532. The summed E-state index contributed by atoms with van der Waals surface area (Å²) in [6.07, 6.45) is 0.0901. The molecule has 1 fully saturated rings. The third-order valence-corrected chi connectivity index (χ3v) is 6.07. The van der Waals surface area contributed by atoms with Crippen LogP contribution in [0.5, 0.6) is 0 Å². The van der Waals surface area contributed by atoms with Crippen LogP contribution in [0, 0.1) is 12.8 Å². The monoisotopic (exact) mass is 483 g/mol. The lowest BCUT2D eigenvalue weighted by Gasteiger charge is -2.17. The molecule has 1 atom stereocenters. The Hall–Kier alpha value is -4.53. The van der Waals surface area contributed by atoms with E-state index in [-0.39, 0.29) is 31.4 Å². The van der Waals surface area contributed by atoms with Crippen LogP contribution in [0.2, 0.25) is 0 Å². The van der Waals surface area contributed by atoms with Gasteiger partial charge in [0.15, 0.2) is 5.82 Å². The summed E-state index contributed by atoms with van der Waals surface area (Å²) < 4.78 is 6.60. The maximum atomic E-state index is 13.1.